The number of rotatable bonds is 6. The van der Waals surface area contributed by atoms with Gasteiger partial charge in [0.15, 0.2) is 0 Å². The molecule has 0 unspecified atom stereocenters. The normalized spacial score (nSPS) is 11.1. The van der Waals surface area contributed by atoms with Gasteiger partial charge >= 0.3 is 0 Å². The Hall–Kier alpha value is -0.640. The largest absolute Gasteiger partial charge is 0.316 e. The second-order valence-corrected chi connectivity index (χ2v) is 4.23. The summed E-state index contributed by atoms with van der Waals surface area (Å²) < 4.78 is 12.8. The Bertz CT molecular complexity index is 331. The van der Waals surface area contributed by atoms with Crippen molar-refractivity contribution in [2.75, 3.05) is 26.7 Å². The molecule has 0 radical (unpaired) electrons. The summed E-state index contributed by atoms with van der Waals surface area (Å²) in [6, 6.07) is 4.54. The standard InChI is InChI=1S/C12H18ClFN2/c1-3-15-6-7-16(2)9-10-4-5-11(14)8-12(10)13/h4-5,8,15H,3,6-7,9H2,1-2H3. The first-order valence-corrected chi connectivity index (χ1v) is 5.84. The van der Waals surface area contributed by atoms with Crippen LogP contribution in [0.15, 0.2) is 18.2 Å². The minimum atomic E-state index is -0.288. The molecule has 0 heterocycles. The first-order valence-electron chi connectivity index (χ1n) is 5.46. The van der Waals surface area contributed by atoms with Crippen molar-refractivity contribution in [3.8, 4) is 0 Å². The van der Waals surface area contributed by atoms with E-state index in [1.165, 1.54) is 12.1 Å². The number of nitrogens with zero attached hydrogens (tertiary/aromatic N) is 1. The van der Waals surface area contributed by atoms with Gasteiger partial charge in [-0.3, -0.25) is 0 Å². The predicted octanol–water partition coefficient (Wildman–Crippen LogP) is 2.52. The molecular formula is C12H18ClFN2. The lowest BCUT2D eigenvalue weighted by Gasteiger charge is -2.17. The lowest BCUT2D eigenvalue weighted by Crippen LogP contribution is -2.28. The van der Waals surface area contributed by atoms with Crippen LogP contribution in [-0.4, -0.2) is 31.6 Å². The van der Waals surface area contributed by atoms with Gasteiger partial charge < -0.3 is 10.2 Å². The Labute approximate surface area is 101 Å². The molecule has 90 valence electrons. The molecule has 4 heteroatoms. The van der Waals surface area contributed by atoms with Gasteiger partial charge in [0.2, 0.25) is 0 Å². The van der Waals surface area contributed by atoms with E-state index >= 15 is 0 Å². The van der Waals surface area contributed by atoms with Gasteiger partial charge in [-0.25, -0.2) is 4.39 Å². The number of benzene rings is 1. The van der Waals surface area contributed by atoms with Gasteiger partial charge in [0.25, 0.3) is 0 Å². The van der Waals surface area contributed by atoms with Gasteiger partial charge in [-0.05, 0) is 31.3 Å². The van der Waals surface area contributed by atoms with E-state index in [9.17, 15) is 4.39 Å². The van der Waals surface area contributed by atoms with Crippen LogP contribution in [0.5, 0.6) is 0 Å². The summed E-state index contributed by atoms with van der Waals surface area (Å²) in [4.78, 5) is 2.15. The maximum Gasteiger partial charge on any atom is 0.124 e. The average Bonchev–Trinajstić information content (AvgIpc) is 2.23. The molecule has 1 N–H and O–H groups in total. The monoisotopic (exact) mass is 244 g/mol. The zero-order valence-electron chi connectivity index (χ0n) is 9.76. The molecule has 0 bridgehead atoms. The number of likely N-dealkylation sites (N-methyl/N-ethyl adjacent to an activating group) is 2. The van der Waals surface area contributed by atoms with Crippen LogP contribution in [0.4, 0.5) is 4.39 Å². The van der Waals surface area contributed by atoms with Crippen LogP contribution in [0.25, 0.3) is 0 Å². The highest BCUT2D eigenvalue weighted by Crippen LogP contribution is 2.18. The predicted molar refractivity (Wildman–Crippen MR) is 66.3 cm³/mol. The maximum atomic E-state index is 12.8. The zero-order chi connectivity index (χ0) is 12.0. The number of halogens is 2. The lowest BCUT2D eigenvalue weighted by molar-refractivity contribution is 0.325. The molecule has 0 atom stereocenters. The number of hydrogen-bond acceptors (Lipinski definition) is 2. The van der Waals surface area contributed by atoms with Crippen LogP contribution in [0, 0.1) is 5.82 Å². The highest BCUT2D eigenvalue weighted by Gasteiger charge is 2.05. The van der Waals surface area contributed by atoms with Crippen molar-refractivity contribution in [3.63, 3.8) is 0 Å². The molecule has 0 fully saturated rings. The summed E-state index contributed by atoms with van der Waals surface area (Å²) in [7, 11) is 2.02. The average molecular weight is 245 g/mol. The van der Waals surface area contributed by atoms with Gasteiger partial charge in [0.05, 0.1) is 0 Å². The summed E-state index contributed by atoms with van der Waals surface area (Å²) in [5.41, 5.74) is 0.960. The van der Waals surface area contributed by atoms with Crippen LogP contribution in [-0.2, 0) is 6.54 Å². The minimum absolute atomic E-state index is 0.288. The molecule has 0 saturated heterocycles. The topological polar surface area (TPSA) is 15.3 Å². The summed E-state index contributed by atoms with van der Waals surface area (Å²) in [6.45, 7) is 5.69. The molecule has 0 aliphatic carbocycles. The van der Waals surface area contributed by atoms with E-state index < -0.39 is 0 Å². The van der Waals surface area contributed by atoms with E-state index in [0.29, 0.717) is 5.02 Å². The summed E-state index contributed by atoms with van der Waals surface area (Å²) in [5, 5.41) is 3.75. The summed E-state index contributed by atoms with van der Waals surface area (Å²) >= 11 is 5.95. The molecule has 2 nitrogen and oxygen atoms in total. The van der Waals surface area contributed by atoms with Crippen molar-refractivity contribution in [1.82, 2.24) is 10.2 Å². The van der Waals surface area contributed by atoms with Crippen LogP contribution in [0.1, 0.15) is 12.5 Å². The van der Waals surface area contributed by atoms with Crippen molar-refractivity contribution in [2.24, 2.45) is 0 Å². The van der Waals surface area contributed by atoms with Crippen molar-refractivity contribution < 1.29 is 4.39 Å². The molecule has 1 rings (SSSR count). The van der Waals surface area contributed by atoms with Crippen molar-refractivity contribution >= 4 is 11.6 Å². The van der Waals surface area contributed by atoms with Gasteiger partial charge in [0.1, 0.15) is 5.82 Å². The SMILES string of the molecule is CCNCCN(C)Cc1ccc(F)cc1Cl. The van der Waals surface area contributed by atoms with Gasteiger partial charge in [-0.1, -0.05) is 24.6 Å². The molecule has 0 aliphatic rings. The third-order valence-corrected chi connectivity index (χ3v) is 2.73. The van der Waals surface area contributed by atoms with E-state index in [1.807, 2.05) is 7.05 Å². The molecule has 0 aromatic heterocycles. The Morgan fingerprint density at radius 2 is 2.19 bits per heavy atom. The molecule has 0 spiro atoms. The Balaban J connectivity index is 2.46. The summed E-state index contributed by atoms with van der Waals surface area (Å²) in [5.74, 6) is -0.288. The van der Waals surface area contributed by atoms with E-state index in [-0.39, 0.29) is 5.82 Å². The van der Waals surface area contributed by atoms with E-state index in [2.05, 4.69) is 17.1 Å². The molecule has 1 aromatic rings. The Kier molecular flexibility index (Phi) is 5.74. The Morgan fingerprint density at radius 1 is 1.44 bits per heavy atom. The highest BCUT2D eigenvalue weighted by atomic mass is 35.5. The third kappa shape index (κ3) is 4.47. The smallest absolute Gasteiger partial charge is 0.124 e. The molecular weight excluding hydrogens is 227 g/mol. The molecule has 16 heavy (non-hydrogen) atoms. The number of nitrogens with one attached hydrogen (secondary N) is 1. The highest BCUT2D eigenvalue weighted by molar-refractivity contribution is 6.31. The minimum Gasteiger partial charge on any atom is -0.316 e. The third-order valence-electron chi connectivity index (χ3n) is 2.38. The van der Waals surface area contributed by atoms with E-state index in [1.54, 1.807) is 6.07 Å². The zero-order valence-corrected chi connectivity index (χ0v) is 10.5. The first kappa shape index (κ1) is 13.4. The van der Waals surface area contributed by atoms with Crippen LogP contribution >= 0.6 is 11.6 Å². The van der Waals surface area contributed by atoms with Gasteiger partial charge in [-0.15, -0.1) is 0 Å². The van der Waals surface area contributed by atoms with Crippen molar-refractivity contribution in [2.45, 2.75) is 13.5 Å². The summed E-state index contributed by atoms with van der Waals surface area (Å²) in [6.07, 6.45) is 0. The van der Waals surface area contributed by atoms with Crippen LogP contribution in [0.3, 0.4) is 0 Å². The number of hydrogen-bond donors (Lipinski definition) is 1. The molecule has 1 aromatic carbocycles. The maximum absolute atomic E-state index is 12.8. The van der Waals surface area contributed by atoms with Crippen LogP contribution < -0.4 is 5.32 Å². The van der Waals surface area contributed by atoms with Crippen molar-refractivity contribution in [1.29, 1.82) is 0 Å². The van der Waals surface area contributed by atoms with Crippen molar-refractivity contribution in [3.05, 3.63) is 34.6 Å². The second-order valence-electron chi connectivity index (χ2n) is 3.83. The van der Waals surface area contributed by atoms with Gasteiger partial charge in [0, 0.05) is 24.7 Å². The van der Waals surface area contributed by atoms with Crippen LogP contribution in [0.2, 0.25) is 5.02 Å². The van der Waals surface area contributed by atoms with Gasteiger partial charge in [-0.2, -0.15) is 0 Å². The molecule has 0 aliphatic heterocycles. The Morgan fingerprint density at radius 3 is 2.81 bits per heavy atom. The van der Waals surface area contributed by atoms with E-state index in [4.69, 9.17) is 11.6 Å². The fourth-order valence-corrected chi connectivity index (χ4v) is 1.69. The lowest BCUT2D eigenvalue weighted by atomic mass is 10.2. The fourth-order valence-electron chi connectivity index (χ4n) is 1.47. The molecule has 0 amide bonds. The molecule has 0 saturated carbocycles. The van der Waals surface area contributed by atoms with E-state index in [0.717, 1.165) is 31.7 Å². The second kappa shape index (κ2) is 6.84. The first-order chi connectivity index (χ1) is 7.63. The quantitative estimate of drug-likeness (QED) is 0.774. The fraction of sp³-hybridized carbons (Fsp3) is 0.500.